The van der Waals surface area contributed by atoms with Gasteiger partial charge in [-0.2, -0.15) is 0 Å². The van der Waals surface area contributed by atoms with Gasteiger partial charge in [0.15, 0.2) is 0 Å². The molecule has 0 spiro atoms. The first-order valence-corrected chi connectivity index (χ1v) is 7.02. The smallest absolute Gasteiger partial charge is 0.312 e. The number of aliphatic hydroxyl groups is 1. The van der Waals surface area contributed by atoms with E-state index in [0.29, 0.717) is 18.8 Å². The fraction of sp³-hybridized carbons (Fsp3) is 0.933. The molecule has 0 saturated heterocycles. The lowest BCUT2D eigenvalue weighted by atomic mass is 9.60. The van der Waals surface area contributed by atoms with Crippen LogP contribution in [0, 0.1) is 16.7 Å². The number of hydrogen-bond donors (Lipinski definition) is 2. The van der Waals surface area contributed by atoms with Crippen LogP contribution in [0.25, 0.3) is 0 Å². The number of hydrogen-bond acceptors (Lipinski definition) is 2. The normalized spacial score (nSPS) is 30.2. The summed E-state index contributed by atoms with van der Waals surface area (Å²) in [4.78, 5) is 11.3. The Morgan fingerprint density at radius 2 is 1.67 bits per heavy atom. The van der Waals surface area contributed by atoms with Crippen LogP contribution in [0.1, 0.15) is 66.7 Å². The molecule has 0 bridgehead atoms. The van der Waals surface area contributed by atoms with Gasteiger partial charge in [0, 0.05) is 0 Å². The van der Waals surface area contributed by atoms with Crippen molar-refractivity contribution in [2.24, 2.45) is 16.7 Å². The maximum atomic E-state index is 11.3. The van der Waals surface area contributed by atoms with Crippen molar-refractivity contribution in [3.05, 3.63) is 0 Å². The highest BCUT2D eigenvalue weighted by Crippen LogP contribution is 2.49. The highest BCUT2D eigenvalue weighted by atomic mass is 16.4. The van der Waals surface area contributed by atoms with Crippen LogP contribution in [-0.4, -0.2) is 21.8 Å². The van der Waals surface area contributed by atoms with Gasteiger partial charge in [-0.05, 0) is 50.9 Å². The van der Waals surface area contributed by atoms with Crippen molar-refractivity contribution in [1.29, 1.82) is 0 Å². The van der Waals surface area contributed by atoms with E-state index in [1.54, 1.807) is 13.8 Å². The first kappa shape index (κ1) is 15.5. The predicted molar refractivity (Wildman–Crippen MR) is 72.4 cm³/mol. The lowest BCUT2D eigenvalue weighted by molar-refractivity contribution is -0.171. The fourth-order valence-corrected chi connectivity index (χ4v) is 2.99. The molecule has 3 heteroatoms. The summed E-state index contributed by atoms with van der Waals surface area (Å²) in [5.74, 6) is -0.314. The van der Waals surface area contributed by atoms with Gasteiger partial charge in [0.05, 0.1) is 11.0 Å². The zero-order valence-electron chi connectivity index (χ0n) is 12.4. The topological polar surface area (TPSA) is 57.5 Å². The molecule has 0 radical (unpaired) electrons. The zero-order chi connectivity index (χ0) is 14.2. The molecule has 0 aliphatic heterocycles. The third-order valence-corrected chi connectivity index (χ3v) is 5.53. The second kappa shape index (κ2) is 4.84. The first-order chi connectivity index (χ1) is 8.07. The molecule has 0 atom stereocenters. The first-order valence-electron chi connectivity index (χ1n) is 7.02. The lowest BCUT2D eigenvalue weighted by Crippen LogP contribution is -2.52. The fourth-order valence-electron chi connectivity index (χ4n) is 2.99. The van der Waals surface area contributed by atoms with Crippen LogP contribution in [-0.2, 0) is 4.79 Å². The Bertz CT molecular complexity index is 310. The van der Waals surface area contributed by atoms with Crippen molar-refractivity contribution in [1.82, 2.24) is 0 Å². The van der Waals surface area contributed by atoms with E-state index in [4.69, 9.17) is 0 Å². The van der Waals surface area contributed by atoms with Gasteiger partial charge < -0.3 is 10.2 Å². The van der Waals surface area contributed by atoms with Gasteiger partial charge in [0.25, 0.3) is 0 Å². The van der Waals surface area contributed by atoms with E-state index in [9.17, 15) is 15.0 Å². The van der Waals surface area contributed by atoms with E-state index < -0.39 is 17.0 Å². The van der Waals surface area contributed by atoms with Crippen molar-refractivity contribution < 1.29 is 15.0 Å². The molecule has 0 aromatic carbocycles. The lowest BCUT2D eigenvalue weighted by Gasteiger charge is -2.47. The van der Waals surface area contributed by atoms with Gasteiger partial charge in [-0.3, -0.25) is 4.79 Å². The molecule has 2 N–H and O–H groups in total. The van der Waals surface area contributed by atoms with Crippen molar-refractivity contribution >= 4 is 5.97 Å². The van der Waals surface area contributed by atoms with Crippen LogP contribution >= 0.6 is 0 Å². The monoisotopic (exact) mass is 256 g/mol. The van der Waals surface area contributed by atoms with Crippen molar-refractivity contribution in [2.75, 3.05) is 0 Å². The summed E-state index contributed by atoms with van der Waals surface area (Å²) in [5.41, 5.74) is -1.83. The number of carbonyl (C=O) groups is 1. The quantitative estimate of drug-likeness (QED) is 0.810. The molecule has 0 amide bonds. The minimum absolute atomic E-state index is 0.286. The summed E-state index contributed by atoms with van der Waals surface area (Å²) < 4.78 is 0. The molecule has 0 aromatic heterocycles. The molecule has 1 aliphatic carbocycles. The minimum atomic E-state index is -1.06. The van der Waals surface area contributed by atoms with Gasteiger partial charge in [-0.15, -0.1) is 0 Å². The van der Waals surface area contributed by atoms with Crippen LogP contribution in [0.4, 0.5) is 0 Å². The average molecular weight is 256 g/mol. The van der Waals surface area contributed by atoms with Crippen molar-refractivity contribution in [3.8, 4) is 0 Å². The van der Waals surface area contributed by atoms with E-state index in [0.717, 1.165) is 19.3 Å². The highest BCUT2D eigenvalue weighted by molar-refractivity contribution is 5.75. The summed E-state index contributed by atoms with van der Waals surface area (Å²) in [6.45, 7) is 10.0. The Hall–Kier alpha value is -0.570. The Morgan fingerprint density at radius 1 is 1.22 bits per heavy atom. The summed E-state index contributed by atoms with van der Waals surface area (Å²) in [6, 6.07) is 0. The van der Waals surface area contributed by atoms with Crippen LogP contribution in [0.5, 0.6) is 0 Å². The molecule has 0 unspecified atom stereocenters. The summed E-state index contributed by atoms with van der Waals surface area (Å²) in [6.07, 6.45) is 4.17. The molecule has 1 fully saturated rings. The maximum Gasteiger partial charge on any atom is 0.312 e. The Kier molecular flexibility index (Phi) is 4.16. The minimum Gasteiger partial charge on any atom is -0.481 e. The van der Waals surface area contributed by atoms with Gasteiger partial charge in [0.1, 0.15) is 0 Å². The SMILES string of the molecule is CCC(C)(C)C1CCC(O)(C(C)(C)C(=O)O)CC1. The van der Waals surface area contributed by atoms with Crippen LogP contribution < -0.4 is 0 Å². The van der Waals surface area contributed by atoms with Crippen LogP contribution in [0.3, 0.4) is 0 Å². The average Bonchev–Trinajstić information content (AvgIpc) is 2.29. The number of aliphatic carboxylic acids is 1. The second-order valence-corrected chi connectivity index (χ2v) is 7.08. The van der Waals surface area contributed by atoms with Crippen molar-refractivity contribution in [2.45, 2.75) is 72.3 Å². The zero-order valence-corrected chi connectivity index (χ0v) is 12.4. The molecule has 18 heavy (non-hydrogen) atoms. The molecule has 1 rings (SSSR count). The Labute approximate surface area is 111 Å². The summed E-state index contributed by atoms with van der Waals surface area (Å²) in [5, 5.41) is 19.9. The largest absolute Gasteiger partial charge is 0.481 e. The van der Waals surface area contributed by atoms with E-state index in [1.165, 1.54) is 0 Å². The molecule has 3 nitrogen and oxygen atoms in total. The third-order valence-electron chi connectivity index (χ3n) is 5.53. The standard InChI is InChI=1S/C15H28O3/c1-6-13(2,3)11-7-9-15(18,10-8-11)14(4,5)12(16)17/h11,18H,6-10H2,1-5H3,(H,16,17). The molecule has 106 valence electrons. The van der Waals surface area contributed by atoms with Gasteiger partial charge >= 0.3 is 5.97 Å². The molecular weight excluding hydrogens is 228 g/mol. The number of rotatable bonds is 4. The molecule has 1 aliphatic rings. The van der Waals surface area contributed by atoms with E-state index in [1.807, 2.05) is 0 Å². The highest BCUT2D eigenvalue weighted by Gasteiger charge is 2.51. The number of carboxylic acids is 1. The second-order valence-electron chi connectivity index (χ2n) is 7.08. The van der Waals surface area contributed by atoms with E-state index in [-0.39, 0.29) is 5.41 Å². The van der Waals surface area contributed by atoms with Crippen LogP contribution in [0.2, 0.25) is 0 Å². The van der Waals surface area contributed by atoms with Crippen molar-refractivity contribution in [3.63, 3.8) is 0 Å². The molecule has 1 saturated carbocycles. The van der Waals surface area contributed by atoms with Crippen LogP contribution in [0.15, 0.2) is 0 Å². The van der Waals surface area contributed by atoms with E-state index >= 15 is 0 Å². The molecular formula is C15H28O3. The van der Waals surface area contributed by atoms with E-state index in [2.05, 4.69) is 20.8 Å². The molecule has 0 heterocycles. The van der Waals surface area contributed by atoms with Gasteiger partial charge in [0.2, 0.25) is 0 Å². The predicted octanol–water partition coefficient (Wildman–Crippen LogP) is 3.45. The van der Waals surface area contributed by atoms with Gasteiger partial charge in [-0.25, -0.2) is 0 Å². The molecule has 0 aromatic rings. The maximum absolute atomic E-state index is 11.3. The summed E-state index contributed by atoms with van der Waals surface area (Å²) >= 11 is 0. The third kappa shape index (κ3) is 2.56. The Balaban J connectivity index is 2.77. The Morgan fingerprint density at radius 3 is 2.00 bits per heavy atom. The number of carboxylic acid groups (broad SMARTS) is 1. The summed E-state index contributed by atoms with van der Waals surface area (Å²) in [7, 11) is 0. The van der Waals surface area contributed by atoms with Gasteiger partial charge in [-0.1, -0.05) is 27.2 Å².